The maximum Gasteiger partial charge on any atom is 0.289 e. The molecule has 1 amide bonds. The Morgan fingerprint density at radius 2 is 1.88 bits per heavy atom. The lowest BCUT2D eigenvalue weighted by Gasteiger charge is -2.38. The van der Waals surface area contributed by atoms with Crippen molar-refractivity contribution in [2.24, 2.45) is 0 Å². The van der Waals surface area contributed by atoms with E-state index in [9.17, 15) is 19.7 Å². The molecule has 1 atom stereocenters. The first kappa shape index (κ1) is 21.8. The van der Waals surface area contributed by atoms with Crippen molar-refractivity contribution in [2.45, 2.75) is 31.6 Å². The topological polar surface area (TPSA) is 99.0 Å². The summed E-state index contributed by atoms with van der Waals surface area (Å²) in [5.74, 6) is 0.361. The molecule has 1 aliphatic heterocycles. The summed E-state index contributed by atoms with van der Waals surface area (Å²) >= 11 is 5.96. The molecule has 9 heteroatoms. The van der Waals surface area contributed by atoms with E-state index >= 15 is 0 Å². The predicted octanol–water partition coefficient (Wildman–Crippen LogP) is 4.79. The van der Waals surface area contributed by atoms with Crippen LogP contribution in [-0.4, -0.2) is 30.8 Å². The monoisotopic (exact) mass is 456 g/mol. The maximum atomic E-state index is 13.4. The zero-order chi connectivity index (χ0) is 23.0. The average molecular weight is 457 g/mol. The van der Waals surface area contributed by atoms with Gasteiger partial charge in [0.2, 0.25) is 5.91 Å². The fourth-order valence-electron chi connectivity index (χ4n) is 4.45. The van der Waals surface area contributed by atoms with Crippen LogP contribution in [0.4, 0.5) is 11.4 Å². The summed E-state index contributed by atoms with van der Waals surface area (Å²) in [4.78, 5) is 38.7. The van der Waals surface area contributed by atoms with Crippen molar-refractivity contribution in [3.8, 4) is 11.5 Å². The highest BCUT2D eigenvalue weighted by Gasteiger charge is 2.41. The molecule has 4 rings (SSSR count). The molecule has 0 spiro atoms. The molecule has 0 fully saturated rings. The van der Waals surface area contributed by atoms with E-state index in [0.29, 0.717) is 53.3 Å². The van der Waals surface area contributed by atoms with Crippen LogP contribution in [0.2, 0.25) is 5.02 Å². The minimum absolute atomic E-state index is 0.0175. The molecule has 1 heterocycles. The Morgan fingerprint density at radius 3 is 2.56 bits per heavy atom. The maximum absolute atomic E-state index is 13.4. The molecule has 8 nitrogen and oxygen atoms in total. The van der Waals surface area contributed by atoms with Crippen LogP contribution >= 0.6 is 11.6 Å². The Kier molecular flexibility index (Phi) is 5.88. The van der Waals surface area contributed by atoms with E-state index in [2.05, 4.69) is 0 Å². The summed E-state index contributed by atoms with van der Waals surface area (Å²) in [5, 5.41) is 11.3. The van der Waals surface area contributed by atoms with Crippen molar-refractivity contribution >= 4 is 34.7 Å². The second-order valence-electron chi connectivity index (χ2n) is 7.62. The highest BCUT2D eigenvalue weighted by molar-refractivity contribution is 6.32. The number of halogens is 1. The van der Waals surface area contributed by atoms with Crippen LogP contribution in [0.1, 0.15) is 37.2 Å². The fraction of sp³-hybridized carbons (Fsp3) is 0.304. The first-order chi connectivity index (χ1) is 15.3. The number of benzene rings is 2. The molecule has 1 aliphatic carbocycles. The Labute approximate surface area is 189 Å². The number of hydrogen-bond donors (Lipinski definition) is 0. The third-order valence-corrected chi connectivity index (χ3v) is 6.19. The molecular weight excluding hydrogens is 436 g/mol. The van der Waals surface area contributed by atoms with Gasteiger partial charge in [-0.3, -0.25) is 24.6 Å². The molecule has 0 saturated heterocycles. The van der Waals surface area contributed by atoms with Gasteiger partial charge in [-0.15, -0.1) is 0 Å². The van der Waals surface area contributed by atoms with Crippen molar-refractivity contribution in [1.82, 2.24) is 0 Å². The number of methoxy groups -OCH3 is 2. The Morgan fingerprint density at radius 1 is 1.09 bits per heavy atom. The molecule has 0 aromatic heterocycles. The summed E-state index contributed by atoms with van der Waals surface area (Å²) in [7, 11) is 3.08. The van der Waals surface area contributed by atoms with Crippen molar-refractivity contribution in [3.05, 3.63) is 68.4 Å². The molecule has 32 heavy (non-hydrogen) atoms. The number of anilines is 1. The highest BCUT2D eigenvalue weighted by atomic mass is 35.5. The largest absolute Gasteiger partial charge is 0.497 e. The number of nitrogens with zero attached hydrogens (tertiary/aromatic N) is 2. The van der Waals surface area contributed by atoms with E-state index < -0.39 is 10.8 Å². The molecule has 0 radical (unpaired) electrons. The number of carbonyl (C=O) groups excluding carboxylic acids is 2. The minimum atomic E-state index is -0.592. The summed E-state index contributed by atoms with van der Waals surface area (Å²) in [6, 6.07) is 9.52. The first-order valence-electron chi connectivity index (χ1n) is 10.1. The number of carbonyl (C=O) groups is 2. The van der Waals surface area contributed by atoms with E-state index in [0.717, 1.165) is 0 Å². The van der Waals surface area contributed by atoms with Crippen molar-refractivity contribution in [1.29, 1.82) is 0 Å². The number of hydrogen-bond acceptors (Lipinski definition) is 6. The summed E-state index contributed by atoms with van der Waals surface area (Å²) < 4.78 is 10.9. The van der Waals surface area contributed by atoms with Gasteiger partial charge in [0.05, 0.1) is 24.8 Å². The van der Waals surface area contributed by atoms with Gasteiger partial charge >= 0.3 is 0 Å². The lowest BCUT2D eigenvalue weighted by molar-refractivity contribution is -0.384. The lowest BCUT2D eigenvalue weighted by atomic mass is 9.76. The first-order valence-corrected chi connectivity index (χ1v) is 10.5. The third-order valence-electron chi connectivity index (χ3n) is 5.87. The Balaban J connectivity index is 1.89. The van der Waals surface area contributed by atoms with E-state index in [1.54, 1.807) is 31.4 Å². The van der Waals surface area contributed by atoms with E-state index in [1.807, 2.05) is 0 Å². The van der Waals surface area contributed by atoms with E-state index in [1.165, 1.54) is 24.1 Å². The van der Waals surface area contributed by atoms with Gasteiger partial charge < -0.3 is 9.47 Å². The van der Waals surface area contributed by atoms with Gasteiger partial charge in [-0.1, -0.05) is 11.6 Å². The number of ether oxygens (including phenoxy) is 2. The van der Waals surface area contributed by atoms with Gasteiger partial charge in [0.1, 0.15) is 16.5 Å². The lowest BCUT2D eigenvalue weighted by Crippen LogP contribution is -2.40. The molecule has 166 valence electrons. The fourth-order valence-corrected chi connectivity index (χ4v) is 4.64. The number of amides is 1. The van der Waals surface area contributed by atoms with Crippen LogP contribution in [0.5, 0.6) is 11.5 Å². The van der Waals surface area contributed by atoms with Crippen LogP contribution in [0, 0.1) is 10.1 Å². The molecule has 2 aromatic rings. The van der Waals surface area contributed by atoms with E-state index in [4.69, 9.17) is 21.1 Å². The van der Waals surface area contributed by atoms with Gasteiger partial charge in [0, 0.05) is 41.7 Å². The van der Waals surface area contributed by atoms with Gasteiger partial charge in [-0.05, 0) is 43.2 Å². The number of ketones is 1. The van der Waals surface area contributed by atoms with Crippen molar-refractivity contribution in [3.63, 3.8) is 0 Å². The van der Waals surface area contributed by atoms with E-state index in [-0.39, 0.29) is 28.8 Å². The van der Waals surface area contributed by atoms with Crippen LogP contribution in [-0.2, 0) is 9.59 Å². The molecule has 2 aliphatic rings. The second kappa shape index (κ2) is 8.63. The SMILES string of the molecule is COc1ccc(OC)c(C2CC(=O)N(c3ccc(Cl)c([N+](=O)[O-])c3)C3=C2C(=O)CCC3)c1. The summed E-state index contributed by atoms with van der Waals surface area (Å²) in [6.07, 6.45) is 1.50. The Bertz CT molecular complexity index is 1160. The standard InChI is InChI=1S/C23H21ClN2O6/c1-31-14-7-9-21(32-2)15(11-14)16-12-22(28)25(18-4-3-5-20(27)23(16)18)13-6-8-17(24)19(10-13)26(29)30/h6-11,16H,3-5,12H2,1-2H3. The molecule has 2 aromatic carbocycles. The smallest absolute Gasteiger partial charge is 0.289 e. The number of allylic oxidation sites excluding steroid dienone is 2. The molecular formula is C23H21ClN2O6. The van der Waals surface area contributed by atoms with Gasteiger partial charge in [0.15, 0.2) is 5.78 Å². The summed E-state index contributed by atoms with van der Waals surface area (Å²) in [6.45, 7) is 0. The van der Waals surface area contributed by atoms with Crippen molar-refractivity contribution in [2.75, 3.05) is 19.1 Å². The number of nitro groups is 1. The van der Waals surface area contributed by atoms with Gasteiger partial charge in [0.25, 0.3) is 5.69 Å². The average Bonchev–Trinajstić information content (AvgIpc) is 2.78. The normalized spacial score (nSPS) is 18.5. The van der Waals surface area contributed by atoms with Crippen LogP contribution < -0.4 is 14.4 Å². The number of Topliss-reactive ketones (excluding diaryl/α,β-unsaturated/α-hetero) is 1. The number of nitro benzene ring substituents is 1. The second-order valence-corrected chi connectivity index (χ2v) is 8.03. The Hall–Kier alpha value is -3.39. The highest BCUT2D eigenvalue weighted by Crippen LogP contribution is 2.46. The zero-order valence-corrected chi connectivity index (χ0v) is 18.3. The molecule has 1 unspecified atom stereocenters. The molecule has 0 bridgehead atoms. The van der Waals surface area contributed by atoms with Crippen LogP contribution in [0.15, 0.2) is 47.7 Å². The molecule has 0 N–H and O–H groups in total. The minimum Gasteiger partial charge on any atom is -0.497 e. The van der Waals surface area contributed by atoms with Crippen LogP contribution in [0.3, 0.4) is 0 Å². The zero-order valence-electron chi connectivity index (χ0n) is 17.6. The third kappa shape index (κ3) is 3.71. The van der Waals surface area contributed by atoms with Gasteiger partial charge in [-0.2, -0.15) is 0 Å². The van der Waals surface area contributed by atoms with Crippen LogP contribution in [0.25, 0.3) is 0 Å². The number of rotatable bonds is 5. The van der Waals surface area contributed by atoms with Gasteiger partial charge in [-0.25, -0.2) is 0 Å². The van der Waals surface area contributed by atoms with Crippen molar-refractivity contribution < 1.29 is 24.0 Å². The summed E-state index contributed by atoms with van der Waals surface area (Å²) in [5.41, 5.74) is 1.84. The predicted molar refractivity (Wildman–Crippen MR) is 118 cm³/mol. The quantitative estimate of drug-likeness (QED) is 0.473. The molecule has 0 saturated carbocycles.